The standard InChI is InChI=1S/C6H5BrN4O/c7-3-4(9)2(1-8)6(12)11-5(3)10/h(H5,9,10,11,12). The van der Waals surface area contributed by atoms with Gasteiger partial charge in [-0.25, -0.2) is 0 Å². The van der Waals surface area contributed by atoms with E-state index in [9.17, 15) is 4.79 Å². The minimum atomic E-state index is -0.573. The number of hydrogen-bond acceptors (Lipinski definition) is 4. The SMILES string of the molecule is N#Cc1c(N)c(Br)c(N)[nH]c1=O. The molecule has 5 N–H and O–H groups in total. The summed E-state index contributed by atoms with van der Waals surface area (Å²) in [4.78, 5) is 13.3. The van der Waals surface area contributed by atoms with Crippen LogP contribution in [-0.2, 0) is 0 Å². The molecule has 0 aliphatic rings. The molecule has 1 aromatic heterocycles. The summed E-state index contributed by atoms with van der Waals surface area (Å²) in [6.07, 6.45) is 0. The summed E-state index contributed by atoms with van der Waals surface area (Å²) in [5.41, 5.74) is 10.1. The van der Waals surface area contributed by atoms with Gasteiger partial charge in [-0.15, -0.1) is 0 Å². The van der Waals surface area contributed by atoms with E-state index in [0.717, 1.165) is 0 Å². The Bertz CT molecular complexity index is 417. The zero-order valence-corrected chi connectivity index (χ0v) is 7.47. The molecule has 1 heterocycles. The zero-order valence-electron chi connectivity index (χ0n) is 5.89. The first-order chi connectivity index (χ1) is 5.57. The first-order valence-corrected chi connectivity index (χ1v) is 3.74. The molecular formula is C6H5BrN4O. The molecule has 0 saturated heterocycles. The molecule has 0 spiro atoms. The fraction of sp³-hybridized carbons (Fsp3) is 0. The summed E-state index contributed by atoms with van der Waals surface area (Å²) >= 11 is 3.03. The highest BCUT2D eigenvalue weighted by Crippen LogP contribution is 2.24. The van der Waals surface area contributed by atoms with Crippen LogP contribution >= 0.6 is 15.9 Å². The van der Waals surface area contributed by atoms with Gasteiger partial charge in [-0.1, -0.05) is 0 Å². The molecule has 0 radical (unpaired) electrons. The summed E-state index contributed by atoms with van der Waals surface area (Å²) in [5, 5.41) is 8.50. The highest BCUT2D eigenvalue weighted by molar-refractivity contribution is 9.10. The van der Waals surface area contributed by atoms with E-state index in [1.807, 2.05) is 0 Å². The lowest BCUT2D eigenvalue weighted by atomic mass is 10.2. The zero-order chi connectivity index (χ0) is 9.30. The third-order valence-electron chi connectivity index (χ3n) is 1.33. The number of aromatic nitrogens is 1. The van der Waals surface area contributed by atoms with Crippen LogP contribution in [0.3, 0.4) is 0 Å². The van der Waals surface area contributed by atoms with Crippen LogP contribution < -0.4 is 17.0 Å². The smallest absolute Gasteiger partial charge is 0.269 e. The number of pyridine rings is 1. The maximum absolute atomic E-state index is 11.0. The number of nitrogens with one attached hydrogen (secondary N) is 1. The number of nitrogen functional groups attached to an aromatic ring is 2. The molecule has 6 heteroatoms. The molecule has 0 atom stereocenters. The molecule has 0 aliphatic carbocycles. The Labute approximate surface area is 76.1 Å². The minimum absolute atomic E-state index is 0.0683. The van der Waals surface area contributed by atoms with Gasteiger partial charge in [0.15, 0.2) is 0 Å². The van der Waals surface area contributed by atoms with Crippen LogP contribution in [0, 0.1) is 11.3 Å². The van der Waals surface area contributed by atoms with E-state index in [-0.39, 0.29) is 17.1 Å². The van der Waals surface area contributed by atoms with Crippen LogP contribution in [0.2, 0.25) is 0 Å². The van der Waals surface area contributed by atoms with Gasteiger partial charge >= 0.3 is 0 Å². The quantitative estimate of drug-likeness (QED) is 0.589. The van der Waals surface area contributed by atoms with Crippen LogP contribution in [-0.4, -0.2) is 4.98 Å². The number of anilines is 2. The van der Waals surface area contributed by atoms with E-state index in [2.05, 4.69) is 20.9 Å². The van der Waals surface area contributed by atoms with Gasteiger partial charge in [-0.3, -0.25) is 4.79 Å². The highest BCUT2D eigenvalue weighted by Gasteiger charge is 2.10. The second-order valence-electron chi connectivity index (χ2n) is 2.08. The Morgan fingerprint density at radius 1 is 1.50 bits per heavy atom. The molecule has 1 rings (SSSR count). The molecule has 0 amide bonds. The van der Waals surface area contributed by atoms with E-state index in [0.29, 0.717) is 4.47 Å². The summed E-state index contributed by atoms with van der Waals surface area (Å²) in [7, 11) is 0. The molecule has 1 aromatic rings. The van der Waals surface area contributed by atoms with Crippen molar-refractivity contribution < 1.29 is 0 Å². The van der Waals surface area contributed by atoms with Crippen LogP contribution in [0.25, 0.3) is 0 Å². The monoisotopic (exact) mass is 228 g/mol. The number of hydrogen-bond donors (Lipinski definition) is 3. The van der Waals surface area contributed by atoms with Crippen LogP contribution in [0.4, 0.5) is 11.5 Å². The molecule has 0 saturated carbocycles. The maximum atomic E-state index is 11.0. The number of nitrogens with zero attached hydrogens (tertiary/aromatic N) is 1. The third kappa shape index (κ3) is 1.14. The number of halogens is 1. The van der Waals surface area contributed by atoms with Crippen molar-refractivity contribution in [2.45, 2.75) is 0 Å². The number of aromatic amines is 1. The Kier molecular flexibility index (Phi) is 2.06. The molecule has 12 heavy (non-hydrogen) atoms. The van der Waals surface area contributed by atoms with Gasteiger partial charge < -0.3 is 16.5 Å². The maximum Gasteiger partial charge on any atom is 0.269 e. The Morgan fingerprint density at radius 3 is 2.58 bits per heavy atom. The van der Waals surface area contributed by atoms with Gasteiger partial charge in [0.25, 0.3) is 5.56 Å². The third-order valence-corrected chi connectivity index (χ3v) is 2.18. The van der Waals surface area contributed by atoms with Gasteiger partial charge in [0.1, 0.15) is 17.5 Å². The topological polar surface area (TPSA) is 109 Å². The van der Waals surface area contributed by atoms with Crippen molar-refractivity contribution in [3.05, 3.63) is 20.4 Å². The van der Waals surface area contributed by atoms with E-state index in [1.165, 1.54) is 0 Å². The average Bonchev–Trinajstić information content (AvgIpc) is 2.01. The molecular weight excluding hydrogens is 224 g/mol. The molecule has 62 valence electrons. The molecule has 0 bridgehead atoms. The Hall–Kier alpha value is -1.48. The second kappa shape index (κ2) is 2.87. The molecule has 0 aromatic carbocycles. The van der Waals surface area contributed by atoms with Crippen molar-refractivity contribution in [3.63, 3.8) is 0 Å². The van der Waals surface area contributed by atoms with E-state index >= 15 is 0 Å². The minimum Gasteiger partial charge on any atom is -0.396 e. The predicted octanol–water partition coefficient (Wildman–Crippen LogP) is 0.173. The van der Waals surface area contributed by atoms with E-state index < -0.39 is 5.56 Å². The van der Waals surface area contributed by atoms with Crippen molar-refractivity contribution in [2.75, 3.05) is 11.5 Å². The lowest BCUT2D eigenvalue weighted by Gasteiger charge is -2.02. The van der Waals surface area contributed by atoms with Crippen LogP contribution in [0.15, 0.2) is 9.27 Å². The fourth-order valence-electron chi connectivity index (χ4n) is 0.728. The average molecular weight is 229 g/mol. The summed E-state index contributed by atoms with van der Waals surface area (Å²) in [5.74, 6) is 0.122. The largest absolute Gasteiger partial charge is 0.396 e. The van der Waals surface area contributed by atoms with Crippen molar-refractivity contribution in [2.24, 2.45) is 0 Å². The first-order valence-electron chi connectivity index (χ1n) is 2.94. The lowest BCUT2D eigenvalue weighted by Crippen LogP contribution is -2.15. The normalized spacial score (nSPS) is 9.33. The molecule has 0 fully saturated rings. The van der Waals surface area contributed by atoms with Crippen molar-refractivity contribution in [1.82, 2.24) is 4.98 Å². The van der Waals surface area contributed by atoms with Gasteiger partial charge in [0.05, 0.1) is 10.2 Å². The second-order valence-corrected chi connectivity index (χ2v) is 2.88. The van der Waals surface area contributed by atoms with Crippen LogP contribution in [0.5, 0.6) is 0 Å². The summed E-state index contributed by atoms with van der Waals surface area (Å²) in [6.45, 7) is 0. The Morgan fingerprint density at radius 2 is 2.08 bits per heavy atom. The Balaban J connectivity index is 3.66. The predicted molar refractivity (Wildman–Crippen MR) is 48.3 cm³/mol. The van der Waals surface area contributed by atoms with Crippen molar-refractivity contribution in [1.29, 1.82) is 5.26 Å². The van der Waals surface area contributed by atoms with Gasteiger partial charge in [0.2, 0.25) is 0 Å². The van der Waals surface area contributed by atoms with E-state index in [1.54, 1.807) is 6.07 Å². The highest BCUT2D eigenvalue weighted by atomic mass is 79.9. The van der Waals surface area contributed by atoms with Crippen molar-refractivity contribution >= 4 is 27.4 Å². The number of nitrogens with two attached hydrogens (primary N) is 2. The number of H-pyrrole nitrogens is 1. The van der Waals surface area contributed by atoms with Crippen molar-refractivity contribution in [3.8, 4) is 6.07 Å². The molecule has 0 aliphatic heterocycles. The summed E-state index contributed by atoms with van der Waals surface area (Å²) < 4.78 is 0.346. The first kappa shape index (κ1) is 8.62. The summed E-state index contributed by atoms with van der Waals surface area (Å²) in [6, 6.07) is 1.68. The van der Waals surface area contributed by atoms with Gasteiger partial charge in [-0.05, 0) is 15.9 Å². The molecule has 5 nitrogen and oxygen atoms in total. The van der Waals surface area contributed by atoms with Gasteiger partial charge in [-0.2, -0.15) is 5.26 Å². The number of rotatable bonds is 0. The number of nitriles is 1. The molecule has 0 unspecified atom stereocenters. The van der Waals surface area contributed by atoms with Gasteiger partial charge in [0, 0.05) is 0 Å². The van der Waals surface area contributed by atoms with E-state index in [4.69, 9.17) is 16.7 Å². The van der Waals surface area contributed by atoms with Crippen LogP contribution in [0.1, 0.15) is 5.56 Å². The lowest BCUT2D eigenvalue weighted by molar-refractivity contribution is 1.21. The fourth-order valence-corrected chi connectivity index (χ4v) is 1.03.